The number of amides is 1. The van der Waals surface area contributed by atoms with E-state index in [0.717, 1.165) is 54.8 Å². The first-order chi connectivity index (χ1) is 16.2. The molecule has 0 radical (unpaired) electrons. The van der Waals surface area contributed by atoms with E-state index in [4.69, 9.17) is 0 Å². The van der Waals surface area contributed by atoms with Crippen LogP contribution in [0.25, 0.3) is 0 Å². The molecule has 4 aliphatic rings. The normalized spacial score (nSPS) is 42.5. The molecule has 9 atom stereocenters. The van der Waals surface area contributed by atoms with Gasteiger partial charge in [-0.15, -0.1) is 0 Å². The fourth-order valence-corrected chi connectivity index (χ4v) is 9.78. The highest BCUT2D eigenvalue weighted by Crippen LogP contribution is 2.69. The Balaban J connectivity index is 1.45. The van der Waals surface area contributed by atoms with Crippen molar-refractivity contribution < 1.29 is 4.79 Å². The lowest BCUT2D eigenvalue weighted by Gasteiger charge is -2.63. The van der Waals surface area contributed by atoms with Crippen molar-refractivity contribution >= 4 is 5.91 Å². The molecule has 0 spiro atoms. The number of nitrogens with one attached hydrogen (secondary N) is 1. The van der Waals surface area contributed by atoms with Crippen LogP contribution in [0.5, 0.6) is 0 Å². The van der Waals surface area contributed by atoms with Crippen LogP contribution in [0.4, 0.5) is 0 Å². The third-order valence-electron chi connectivity index (χ3n) is 11.6. The lowest BCUT2D eigenvalue weighted by Crippen LogP contribution is -2.62. The molecule has 1 aromatic rings. The van der Waals surface area contributed by atoms with Gasteiger partial charge in [0.05, 0.1) is 0 Å². The van der Waals surface area contributed by atoms with Gasteiger partial charge in [0.2, 0.25) is 5.91 Å². The number of hydrogen-bond acceptors (Lipinski definition) is 1. The van der Waals surface area contributed by atoms with Crippen LogP contribution < -0.4 is 5.32 Å². The first-order valence-corrected chi connectivity index (χ1v) is 14.6. The third kappa shape index (κ3) is 4.05. The van der Waals surface area contributed by atoms with Crippen LogP contribution in [-0.2, 0) is 4.79 Å². The predicted molar refractivity (Wildman–Crippen MR) is 141 cm³/mol. The van der Waals surface area contributed by atoms with Gasteiger partial charge < -0.3 is 5.32 Å². The minimum atomic E-state index is 0.270. The first-order valence-electron chi connectivity index (χ1n) is 14.6. The lowest BCUT2D eigenvalue weighted by molar-refractivity contribution is -0.140. The van der Waals surface area contributed by atoms with Crippen LogP contribution >= 0.6 is 0 Å². The summed E-state index contributed by atoms with van der Waals surface area (Å²) in [6.45, 7) is 12.6. The molecule has 1 aliphatic heterocycles. The van der Waals surface area contributed by atoms with Gasteiger partial charge in [0.15, 0.2) is 0 Å². The maximum atomic E-state index is 12.4. The van der Waals surface area contributed by atoms with Crippen LogP contribution in [0.3, 0.4) is 0 Å². The van der Waals surface area contributed by atoms with Crippen molar-refractivity contribution in [2.24, 2.45) is 46.3 Å². The van der Waals surface area contributed by atoms with E-state index in [2.05, 4.69) is 70.3 Å². The summed E-state index contributed by atoms with van der Waals surface area (Å²) in [5.74, 6) is 5.78. The summed E-state index contributed by atoms with van der Waals surface area (Å²) in [5, 5.41) is 3.48. The molecule has 34 heavy (non-hydrogen) atoms. The summed E-state index contributed by atoms with van der Waals surface area (Å²) in [7, 11) is 0. The number of carbonyl (C=O) groups excluding carboxylic acids is 1. The Bertz CT molecular complexity index is 863. The topological polar surface area (TPSA) is 29.1 Å². The molecular formula is C32H49NO. The zero-order chi connectivity index (χ0) is 24.1. The number of hydrogen-bond donors (Lipinski definition) is 1. The largest absolute Gasteiger partial charge is 0.353 e. The zero-order valence-electron chi connectivity index (χ0n) is 22.5. The average molecular weight is 464 g/mol. The van der Waals surface area contributed by atoms with Crippen LogP contribution in [0.1, 0.15) is 110 Å². The minimum Gasteiger partial charge on any atom is -0.353 e. The van der Waals surface area contributed by atoms with Gasteiger partial charge in [-0.2, -0.15) is 0 Å². The molecule has 4 fully saturated rings. The van der Waals surface area contributed by atoms with Crippen LogP contribution in [0.2, 0.25) is 0 Å². The van der Waals surface area contributed by atoms with E-state index in [1.165, 1.54) is 50.5 Å². The summed E-state index contributed by atoms with van der Waals surface area (Å²) in [6.07, 6.45) is 12.8. The van der Waals surface area contributed by atoms with E-state index < -0.39 is 0 Å². The van der Waals surface area contributed by atoms with Gasteiger partial charge in [0, 0.05) is 12.5 Å². The molecule has 3 aliphatic carbocycles. The second kappa shape index (κ2) is 9.29. The van der Waals surface area contributed by atoms with Crippen molar-refractivity contribution in [2.45, 2.75) is 111 Å². The molecule has 1 aromatic carbocycles. The quantitative estimate of drug-likeness (QED) is 0.455. The molecule has 1 amide bonds. The van der Waals surface area contributed by atoms with E-state index in [0.29, 0.717) is 17.4 Å². The smallest absolute Gasteiger partial charge is 0.220 e. The van der Waals surface area contributed by atoms with Crippen LogP contribution in [-0.4, -0.2) is 11.9 Å². The summed E-state index contributed by atoms with van der Waals surface area (Å²) in [5.41, 5.74) is 2.29. The summed E-state index contributed by atoms with van der Waals surface area (Å²) in [4.78, 5) is 12.4. The SMILES string of the molecule is CC(C)CCCC(C)C1CCC2C3C(c4ccccc4)CC4NC(=O)CC[C@]4(C)C3CC[C@]12C. The van der Waals surface area contributed by atoms with Gasteiger partial charge in [-0.05, 0) is 96.3 Å². The van der Waals surface area contributed by atoms with Crippen molar-refractivity contribution in [1.29, 1.82) is 0 Å². The molecule has 188 valence electrons. The van der Waals surface area contributed by atoms with Crippen molar-refractivity contribution in [1.82, 2.24) is 5.32 Å². The number of fused-ring (bicyclic) bond motifs is 5. The second-order valence-corrected chi connectivity index (χ2v) is 13.7. The predicted octanol–water partition coefficient (Wildman–Crippen LogP) is 7.98. The first kappa shape index (κ1) is 24.4. The molecular weight excluding hydrogens is 414 g/mol. The minimum absolute atomic E-state index is 0.270. The Morgan fingerprint density at radius 2 is 1.68 bits per heavy atom. The van der Waals surface area contributed by atoms with Gasteiger partial charge >= 0.3 is 0 Å². The van der Waals surface area contributed by atoms with E-state index in [-0.39, 0.29) is 11.3 Å². The highest BCUT2D eigenvalue weighted by molar-refractivity contribution is 5.77. The molecule has 0 aromatic heterocycles. The van der Waals surface area contributed by atoms with Gasteiger partial charge in [-0.1, -0.05) is 84.2 Å². The molecule has 5 rings (SSSR count). The van der Waals surface area contributed by atoms with Gasteiger partial charge in [0.25, 0.3) is 0 Å². The van der Waals surface area contributed by atoms with Crippen LogP contribution in [0.15, 0.2) is 30.3 Å². The Morgan fingerprint density at radius 1 is 0.941 bits per heavy atom. The van der Waals surface area contributed by atoms with Crippen LogP contribution in [0, 0.1) is 46.3 Å². The molecule has 1 saturated heterocycles. The maximum Gasteiger partial charge on any atom is 0.220 e. The molecule has 2 heteroatoms. The highest BCUT2D eigenvalue weighted by Gasteiger charge is 2.63. The Hall–Kier alpha value is -1.31. The van der Waals surface area contributed by atoms with E-state index >= 15 is 0 Å². The highest BCUT2D eigenvalue weighted by atomic mass is 16.1. The number of piperidine rings is 1. The summed E-state index contributed by atoms with van der Waals surface area (Å²) < 4.78 is 0. The Labute approximate surface area is 209 Å². The second-order valence-electron chi connectivity index (χ2n) is 13.7. The standard InChI is InChI=1S/C32H49NO/c1-21(2)10-9-11-22(3)25-14-15-26-30-24(23-12-7-6-8-13-23)20-28-32(5,19-17-29(34)33-28)27(30)16-18-31(25,26)4/h6-8,12-13,21-22,24-28,30H,9-11,14-20H2,1-5H3,(H,33,34)/t22?,24?,25?,26?,27?,28?,30?,31-,32-/m1/s1. The molecule has 0 bridgehead atoms. The Morgan fingerprint density at radius 3 is 2.41 bits per heavy atom. The fraction of sp³-hybridized carbons (Fsp3) is 0.781. The number of benzene rings is 1. The summed E-state index contributed by atoms with van der Waals surface area (Å²) in [6, 6.07) is 11.7. The average Bonchev–Trinajstić information content (AvgIpc) is 3.17. The Kier molecular flexibility index (Phi) is 6.66. The van der Waals surface area contributed by atoms with Crippen molar-refractivity contribution in [2.75, 3.05) is 0 Å². The van der Waals surface area contributed by atoms with E-state index in [9.17, 15) is 4.79 Å². The molecule has 2 nitrogen and oxygen atoms in total. The molecule has 3 saturated carbocycles. The number of carbonyl (C=O) groups is 1. The fourth-order valence-electron chi connectivity index (χ4n) is 9.78. The van der Waals surface area contributed by atoms with E-state index in [1.54, 1.807) is 0 Å². The van der Waals surface area contributed by atoms with Crippen molar-refractivity contribution in [3.63, 3.8) is 0 Å². The van der Waals surface area contributed by atoms with Crippen molar-refractivity contribution in [3.8, 4) is 0 Å². The van der Waals surface area contributed by atoms with Gasteiger partial charge in [-0.3, -0.25) is 4.79 Å². The maximum absolute atomic E-state index is 12.4. The monoisotopic (exact) mass is 463 g/mol. The molecule has 1 N–H and O–H groups in total. The zero-order valence-corrected chi connectivity index (χ0v) is 22.5. The number of rotatable bonds is 6. The van der Waals surface area contributed by atoms with Gasteiger partial charge in [0.1, 0.15) is 0 Å². The van der Waals surface area contributed by atoms with E-state index in [1.807, 2.05) is 0 Å². The summed E-state index contributed by atoms with van der Waals surface area (Å²) >= 11 is 0. The third-order valence-corrected chi connectivity index (χ3v) is 11.6. The van der Waals surface area contributed by atoms with Crippen molar-refractivity contribution in [3.05, 3.63) is 35.9 Å². The molecule has 7 unspecified atom stereocenters. The lowest BCUT2D eigenvalue weighted by atomic mass is 9.43. The van der Waals surface area contributed by atoms with Gasteiger partial charge in [-0.25, -0.2) is 0 Å². The molecule has 1 heterocycles.